The molecule has 0 aromatic heterocycles. The van der Waals surface area contributed by atoms with Gasteiger partial charge in [-0.3, -0.25) is 9.69 Å². The van der Waals surface area contributed by atoms with Crippen LogP contribution in [-0.2, 0) is 11.3 Å². The van der Waals surface area contributed by atoms with E-state index in [0.717, 1.165) is 5.56 Å². The minimum Gasteiger partial charge on any atom is -0.497 e. The summed E-state index contributed by atoms with van der Waals surface area (Å²) in [5.41, 5.74) is 0.878. The number of carboxylic acid groups (broad SMARTS) is 1. The molecule has 0 aliphatic rings. The molecule has 0 spiro atoms. The van der Waals surface area contributed by atoms with Gasteiger partial charge in [-0.25, -0.2) is 0 Å². The molecule has 1 rings (SSSR count). The van der Waals surface area contributed by atoms with Crippen molar-refractivity contribution in [3.63, 3.8) is 0 Å². The SMILES string of the molecule is COc1ccc(CN(C)C(C)C(=O)O)c(Cl)c1. The zero-order chi connectivity index (χ0) is 13.0. The van der Waals surface area contributed by atoms with Crippen molar-refractivity contribution >= 4 is 17.6 Å². The van der Waals surface area contributed by atoms with Gasteiger partial charge in [0.2, 0.25) is 0 Å². The maximum absolute atomic E-state index is 10.8. The zero-order valence-corrected chi connectivity index (χ0v) is 10.9. The van der Waals surface area contributed by atoms with Crippen LogP contribution in [0.15, 0.2) is 18.2 Å². The van der Waals surface area contributed by atoms with Crippen LogP contribution >= 0.6 is 11.6 Å². The van der Waals surface area contributed by atoms with Gasteiger partial charge in [0.25, 0.3) is 0 Å². The van der Waals surface area contributed by atoms with Crippen LogP contribution < -0.4 is 4.74 Å². The van der Waals surface area contributed by atoms with Crippen LogP contribution in [0.2, 0.25) is 5.02 Å². The lowest BCUT2D eigenvalue weighted by Crippen LogP contribution is -2.35. The van der Waals surface area contributed by atoms with E-state index >= 15 is 0 Å². The smallest absolute Gasteiger partial charge is 0.320 e. The molecular weight excluding hydrogens is 242 g/mol. The molecule has 5 heteroatoms. The Morgan fingerprint density at radius 1 is 1.59 bits per heavy atom. The van der Waals surface area contributed by atoms with E-state index in [9.17, 15) is 4.79 Å². The summed E-state index contributed by atoms with van der Waals surface area (Å²) in [5, 5.41) is 9.46. The molecule has 0 saturated carbocycles. The molecule has 1 aromatic rings. The zero-order valence-electron chi connectivity index (χ0n) is 10.1. The Labute approximate surface area is 106 Å². The first-order valence-corrected chi connectivity index (χ1v) is 5.59. The van der Waals surface area contributed by atoms with E-state index in [4.69, 9.17) is 21.4 Å². The van der Waals surface area contributed by atoms with Gasteiger partial charge in [-0.1, -0.05) is 17.7 Å². The summed E-state index contributed by atoms with van der Waals surface area (Å²) in [7, 11) is 3.32. The average molecular weight is 258 g/mol. The Morgan fingerprint density at radius 2 is 2.24 bits per heavy atom. The number of methoxy groups -OCH3 is 1. The van der Waals surface area contributed by atoms with Crippen molar-refractivity contribution in [2.75, 3.05) is 14.2 Å². The molecule has 1 atom stereocenters. The summed E-state index contributed by atoms with van der Waals surface area (Å²) in [4.78, 5) is 12.5. The third-order valence-electron chi connectivity index (χ3n) is 2.70. The van der Waals surface area contributed by atoms with Crippen molar-refractivity contribution in [3.8, 4) is 5.75 Å². The van der Waals surface area contributed by atoms with Crippen LogP contribution in [-0.4, -0.2) is 36.2 Å². The summed E-state index contributed by atoms with van der Waals surface area (Å²) in [5.74, 6) is -0.162. The third-order valence-corrected chi connectivity index (χ3v) is 3.05. The van der Waals surface area contributed by atoms with E-state index in [0.29, 0.717) is 17.3 Å². The topological polar surface area (TPSA) is 49.8 Å². The molecule has 0 fully saturated rings. The van der Waals surface area contributed by atoms with Crippen molar-refractivity contribution in [1.29, 1.82) is 0 Å². The quantitative estimate of drug-likeness (QED) is 0.879. The number of ether oxygens (including phenoxy) is 1. The van der Waals surface area contributed by atoms with E-state index in [1.807, 2.05) is 6.07 Å². The molecule has 1 N–H and O–H groups in total. The first-order chi connectivity index (χ1) is 7.95. The van der Waals surface area contributed by atoms with Gasteiger partial charge in [0.1, 0.15) is 11.8 Å². The lowest BCUT2D eigenvalue weighted by molar-refractivity contribution is -0.142. The molecule has 1 aromatic carbocycles. The molecule has 0 bridgehead atoms. The third kappa shape index (κ3) is 3.61. The molecule has 94 valence electrons. The van der Waals surface area contributed by atoms with Gasteiger partial charge in [0, 0.05) is 11.6 Å². The molecule has 0 saturated heterocycles. The highest BCUT2D eigenvalue weighted by atomic mass is 35.5. The van der Waals surface area contributed by atoms with Crippen LogP contribution in [0.25, 0.3) is 0 Å². The fourth-order valence-corrected chi connectivity index (χ4v) is 1.61. The Bertz CT molecular complexity index is 409. The highest BCUT2D eigenvalue weighted by Crippen LogP contribution is 2.23. The number of benzene rings is 1. The molecule has 0 heterocycles. The number of likely N-dealkylation sites (N-methyl/N-ethyl adjacent to an activating group) is 1. The largest absolute Gasteiger partial charge is 0.497 e. The van der Waals surface area contributed by atoms with E-state index in [2.05, 4.69) is 0 Å². The van der Waals surface area contributed by atoms with Gasteiger partial charge < -0.3 is 9.84 Å². The second-order valence-electron chi connectivity index (χ2n) is 3.89. The van der Waals surface area contributed by atoms with Gasteiger partial charge >= 0.3 is 5.97 Å². The van der Waals surface area contributed by atoms with Crippen LogP contribution in [0.3, 0.4) is 0 Å². The lowest BCUT2D eigenvalue weighted by atomic mass is 10.2. The summed E-state index contributed by atoms with van der Waals surface area (Å²) in [6, 6.07) is 4.82. The minimum atomic E-state index is -0.850. The van der Waals surface area contributed by atoms with E-state index in [1.165, 1.54) is 0 Å². The van der Waals surface area contributed by atoms with Gasteiger partial charge in [0.05, 0.1) is 7.11 Å². The molecule has 17 heavy (non-hydrogen) atoms. The van der Waals surface area contributed by atoms with Crippen LogP contribution in [0.4, 0.5) is 0 Å². The summed E-state index contributed by atoms with van der Waals surface area (Å²) in [6.07, 6.45) is 0. The maximum Gasteiger partial charge on any atom is 0.320 e. The van der Waals surface area contributed by atoms with Crippen LogP contribution in [0.1, 0.15) is 12.5 Å². The summed E-state index contributed by atoms with van der Waals surface area (Å²) < 4.78 is 5.05. The maximum atomic E-state index is 10.8. The first kappa shape index (κ1) is 13.8. The number of hydrogen-bond donors (Lipinski definition) is 1. The number of halogens is 1. The Balaban J connectivity index is 2.78. The van der Waals surface area contributed by atoms with Crippen LogP contribution in [0, 0.1) is 0 Å². The number of rotatable bonds is 5. The fourth-order valence-electron chi connectivity index (χ4n) is 1.38. The predicted molar refractivity (Wildman–Crippen MR) is 66.6 cm³/mol. The Hall–Kier alpha value is -1.26. The Kier molecular flexibility index (Phi) is 4.78. The molecule has 1 unspecified atom stereocenters. The summed E-state index contributed by atoms with van der Waals surface area (Å²) in [6.45, 7) is 2.12. The average Bonchev–Trinajstić information content (AvgIpc) is 2.30. The van der Waals surface area contributed by atoms with Crippen molar-refractivity contribution in [2.45, 2.75) is 19.5 Å². The highest BCUT2D eigenvalue weighted by Gasteiger charge is 2.17. The Morgan fingerprint density at radius 3 is 2.71 bits per heavy atom. The van der Waals surface area contributed by atoms with Gasteiger partial charge in [-0.2, -0.15) is 0 Å². The molecule has 0 aliphatic heterocycles. The predicted octanol–water partition coefficient (Wildman–Crippen LogP) is 2.25. The number of carboxylic acids is 1. The lowest BCUT2D eigenvalue weighted by Gasteiger charge is -2.21. The van der Waals surface area contributed by atoms with Gasteiger partial charge in [-0.15, -0.1) is 0 Å². The van der Waals surface area contributed by atoms with Gasteiger partial charge in [0.15, 0.2) is 0 Å². The normalized spacial score (nSPS) is 12.5. The highest BCUT2D eigenvalue weighted by molar-refractivity contribution is 6.31. The standard InChI is InChI=1S/C12H16ClNO3/c1-8(12(15)16)14(2)7-9-4-5-10(17-3)6-11(9)13/h4-6,8H,7H2,1-3H3,(H,15,16). The van der Waals surface area contributed by atoms with Crippen molar-refractivity contribution in [2.24, 2.45) is 0 Å². The molecule has 0 radical (unpaired) electrons. The van der Waals surface area contributed by atoms with Crippen molar-refractivity contribution < 1.29 is 14.6 Å². The molecule has 4 nitrogen and oxygen atoms in total. The second kappa shape index (κ2) is 5.89. The summed E-state index contributed by atoms with van der Waals surface area (Å²) >= 11 is 6.08. The minimum absolute atomic E-state index is 0.482. The first-order valence-electron chi connectivity index (χ1n) is 5.21. The number of hydrogen-bond acceptors (Lipinski definition) is 3. The van der Waals surface area contributed by atoms with E-state index in [-0.39, 0.29) is 0 Å². The van der Waals surface area contributed by atoms with E-state index in [1.54, 1.807) is 38.1 Å². The monoisotopic (exact) mass is 257 g/mol. The molecular formula is C12H16ClNO3. The van der Waals surface area contributed by atoms with Gasteiger partial charge in [-0.05, 0) is 31.7 Å². The second-order valence-corrected chi connectivity index (χ2v) is 4.29. The van der Waals surface area contributed by atoms with E-state index < -0.39 is 12.0 Å². The molecule has 0 amide bonds. The molecule has 0 aliphatic carbocycles. The fraction of sp³-hybridized carbons (Fsp3) is 0.417. The number of aliphatic carboxylic acids is 1. The van der Waals surface area contributed by atoms with Crippen molar-refractivity contribution in [3.05, 3.63) is 28.8 Å². The number of nitrogens with zero attached hydrogens (tertiary/aromatic N) is 1. The van der Waals surface area contributed by atoms with Crippen molar-refractivity contribution in [1.82, 2.24) is 4.90 Å². The number of carbonyl (C=O) groups is 1. The van der Waals surface area contributed by atoms with Crippen LogP contribution in [0.5, 0.6) is 5.75 Å².